The molecule has 0 aliphatic heterocycles. The number of thioether (sulfide) groups is 1. The van der Waals surface area contributed by atoms with Crippen molar-refractivity contribution < 1.29 is 4.39 Å². The molecule has 1 aromatic carbocycles. The Morgan fingerprint density at radius 1 is 1.33 bits per heavy atom. The van der Waals surface area contributed by atoms with Crippen LogP contribution in [-0.4, -0.2) is 15.2 Å². The first kappa shape index (κ1) is 15.3. The van der Waals surface area contributed by atoms with Gasteiger partial charge < -0.3 is 5.73 Å². The second-order valence-electron chi connectivity index (χ2n) is 4.76. The molecule has 0 unspecified atom stereocenters. The highest BCUT2D eigenvalue weighted by molar-refractivity contribution is 7.99. The van der Waals surface area contributed by atoms with Gasteiger partial charge in [0.1, 0.15) is 23.3 Å². The first-order valence-corrected chi connectivity index (χ1v) is 7.35. The van der Waals surface area contributed by atoms with Gasteiger partial charge in [-0.25, -0.2) is 14.4 Å². The molecule has 0 saturated heterocycles. The van der Waals surface area contributed by atoms with Gasteiger partial charge >= 0.3 is 0 Å². The summed E-state index contributed by atoms with van der Waals surface area (Å²) in [5.74, 6) is -0.182. The maximum absolute atomic E-state index is 13.8. The summed E-state index contributed by atoms with van der Waals surface area (Å²) in [6.07, 6.45) is 0.216. The number of halogens is 1. The topological polar surface area (TPSA) is 75.6 Å². The molecule has 0 fully saturated rings. The molecule has 2 aromatic rings. The number of nitrogens with zero attached hydrogens (tertiary/aromatic N) is 3. The monoisotopic (exact) mass is 302 g/mol. The van der Waals surface area contributed by atoms with Crippen molar-refractivity contribution in [2.24, 2.45) is 0 Å². The van der Waals surface area contributed by atoms with Crippen LogP contribution >= 0.6 is 11.8 Å². The van der Waals surface area contributed by atoms with Gasteiger partial charge in [0.05, 0.1) is 5.69 Å². The van der Waals surface area contributed by atoms with E-state index in [2.05, 4.69) is 9.97 Å². The first-order valence-electron chi connectivity index (χ1n) is 6.47. The van der Waals surface area contributed by atoms with Gasteiger partial charge in [-0.05, 0) is 11.6 Å². The number of hydrogen-bond donors (Lipinski definition) is 1. The number of anilines is 1. The molecule has 2 rings (SSSR count). The lowest BCUT2D eigenvalue weighted by atomic mass is 10.1. The van der Waals surface area contributed by atoms with Gasteiger partial charge in [-0.1, -0.05) is 43.8 Å². The lowest BCUT2D eigenvalue weighted by Crippen LogP contribution is -2.07. The molecule has 108 valence electrons. The fraction of sp³-hybridized carbons (Fsp3) is 0.267. The van der Waals surface area contributed by atoms with Crippen LogP contribution in [-0.2, 0) is 6.42 Å². The molecule has 0 atom stereocenters. The second kappa shape index (κ2) is 6.55. The van der Waals surface area contributed by atoms with E-state index in [1.54, 1.807) is 18.2 Å². The van der Waals surface area contributed by atoms with E-state index in [0.717, 1.165) is 0 Å². The van der Waals surface area contributed by atoms with E-state index in [-0.39, 0.29) is 23.6 Å². The normalized spacial score (nSPS) is 10.6. The maximum atomic E-state index is 13.8. The maximum Gasteiger partial charge on any atom is 0.190 e. The zero-order valence-electron chi connectivity index (χ0n) is 11.8. The highest BCUT2D eigenvalue weighted by atomic mass is 32.2. The van der Waals surface area contributed by atoms with Gasteiger partial charge in [-0.15, -0.1) is 0 Å². The standard InChI is InChI=1S/C15H15FN4S/c1-9(2)21-15-19-13(11(8-17)14(18)20-15)7-10-5-3-4-6-12(10)16/h3-6,9H,7H2,1-2H3,(H2,18,19,20). The number of benzene rings is 1. The van der Waals surface area contributed by atoms with E-state index in [1.165, 1.54) is 17.8 Å². The summed E-state index contributed by atoms with van der Waals surface area (Å²) in [7, 11) is 0. The molecule has 0 aliphatic rings. The average molecular weight is 302 g/mol. The Kier molecular flexibility index (Phi) is 4.76. The van der Waals surface area contributed by atoms with Gasteiger partial charge in [0.25, 0.3) is 0 Å². The number of aromatic nitrogens is 2. The number of rotatable bonds is 4. The summed E-state index contributed by atoms with van der Waals surface area (Å²) in [5, 5.41) is 10.0. The quantitative estimate of drug-likeness (QED) is 0.693. The van der Waals surface area contributed by atoms with Crippen molar-refractivity contribution in [3.05, 3.63) is 46.9 Å². The molecule has 0 bridgehead atoms. The molecule has 0 spiro atoms. The van der Waals surface area contributed by atoms with Gasteiger partial charge in [0.2, 0.25) is 0 Å². The van der Waals surface area contributed by atoms with E-state index >= 15 is 0 Å². The highest BCUT2D eigenvalue weighted by Crippen LogP contribution is 2.24. The highest BCUT2D eigenvalue weighted by Gasteiger charge is 2.15. The SMILES string of the molecule is CC(C)Sc1nc(N)c(C#N)c(Cc2ccccc2F)n1. The Hall–Kier alpha value is -2.13. The molecule has 0 saturated carbocycles. The molecule has 4 nitrogen and oxygen atoms in total. The summed E-state index contributed by atoms with van der Waals surface area (Å²) in [6.45, 7) is 4.03. The van der Waals surface area contributed by atoms with Crippen LogP contribution in [0.3, 0.4) is 0 Å². The van der Waals surface area contributed by atoms with E-state index in [9.17, 15) is 9.65 Å². The fourth-order valence-electron chi connectivity index (χ4n) is 1.84. The van der Waals surface area contributed by atoms with Crippen molar-refractivity contribution in [1.82, 2.24) is 9.97 Å². The van der Waals surface area contributed by atoms with Crippen LogP contribution in [0, 0.1) is 17.1 Å². The van der Waals surface area contributed by atoms with Crippen LogP contribution in [0.2, 0.25) is 0 Å². The number of nitrogen functional groups attached to an aromatic ring is 1. The largest absolute Gasteiger partial charge is 0.382 e. The predicted molar refractivity (Wildman–Crippen MR) is 81.4 cm³/mol. The zero-order chi connectivity index (χ0) is 15.4. The Balaban J connectivity index is 2.44. The van der Waals surface area contributed by atoms with Crippen LogP contribution in [0.1, 0.15) is 30.7 Å². The number of nitriles is 1. The zero-order valence-corrected chi connectivity index (χ0v) is 12.6. The molecule has 1 aromatic heterocycles. The van der Waals surface area contributed by atoms with Crippen molar-refractivity contribution >= 4 is 17.6 Å². The molecule has 2 N–H and O–H groups in total. The van der Waals surface area contributed by atoms with Crippen molar-refractivity contribution in [3.8, 4) is 6.07 Å². The lowest BCUT2D eigenvalue weighted by Gasteiger charge is -2.10. The van der Waals surface area contributed by atoms with Crippen molar-refractivity contribution in [3.63, 3.8) is 0 Å². The van der Waals surface area contributed by atoms with Crippen LogP contribution in [0.5, 0.6) is 0 Å². The Morgan fingerprint density at radius 3 is 2.67 bits per heavy atom. The first-order chi connectivity index (χ1) is 10.0. The van der Waals surface area contributed by atoms with Crippen molar-refractivity contribution in [2.45, 2.75) is 30.7 Å². The van der Waals surface area contributed by atoms with E-state index in [4.69, 9.17) is 5.73 Å². The van der Waals surface area contributed by atoms with Crippen LogP contribution in [0.15, 0.2) is 29.4 Å². The van der Waals surface area contributed by atoms with Gasteiger partial charge in [0, 0.05) is 11.7 Å². The van der Waals surface area contributed by atoms with Gasteiger partial charge in [0.15, 0.2) is 5.16 Å². The smallest absolute Gasteiger partial charge is 0.190 e. The van der Waals surface area contributed by atoms with E-state index < -0.39 is 0 Å². The molecule has 0 amide bonds. The second-order valence-corrected chi connectivity index (χ2v) is 6.30. The summed E-state index contributed by atoms with van der Waals surface area (Å²) >= 11 is 1.46. The fourth-order valence-corrected chi connectivity index (χ4v) is 2.57. The molecule has 21 heavy (non-hydrogen) atoms. The number of nitrogens with two attached hydrogens (primary N) is 1. The minimum absolute atomic E-state index is 0.141. The van der Waals surface area contributed by atoms with Crippen molar-refractivity contribution in [2.75, 3.05) is 5.73 Å². The minimum atomic E-state index is -0.323. The third-order valence-corrected chi connectivity index (χ3v) is 3.62. The van der Waals surface area contributed by atoms with Crippen molar-refractivity contribution in [1.29, 1.82) is 5.26 Å². The third kappa shape index (κ3) is 3.70. The van der Waals surface area contributed by atoms with Gasteiger partial charge in [-0.2, -0.15) is 5.26 Å². The molecule has 0 aliphatic carbocycles. The summed E-state index contributed by atoms with van der Waals surface area (Å²) in [5.41, 5.74) is 6.97. The van der Waals surface area contributed by atoms with E-state index in [0.29, 0.717) is 21.7 Å². The molecule has 6 heteroatoms. The summed E-state index contributed by atoms with van der Waals surface area (Å²) in [4.78, 5) is 8.49. The minimum Gasteiger partial charge on any atom is -0.382 e. The average Bonchev–Trinajstić information content (AvgIpc) is 2.40. The lowest BCUT2D eigenvalue weighted by molar-refractivity contribution is 0.612. The van der Waals surface area contributed by atoms with Crippen LogP contribution in [0.25, 0.3) is 0 Å². The molecular weight excluding hydrogens is 287 g/mol. The van der Waals surface area contributed by atoms with E-state index in [1.807, 2.05) is 19.9 Å². The molecule has 1 heterocycles. The summed E-state index contributed by atoms with van der Waals surface area (Å²) in [6, 6.07) is 8.43. The van der Waals surface area contributed by atoms with Crippen LogP contribution < -0.4 is 5.73 Å². The predicted octanol–water partition coefficient (Wildman–Crippen LogP) is 3.16. The van der Waals surface area contributed by atoms with Gasteiger partial charge in [-0.3, -0.25) is 0 Å². The Labute approximate surface area is 127 Å². The Morgan fingerprint density at radius 2 is 2.05 bits per heavy atom. The third-order valence-electron chi connectivity index (χ3n) is 2.76. The van der Waals surface area contributed by atoms with Crippen LogP contribution in [0.4, 0.5) is 10.2 Å². The molecule has 0 radical (unpaired) electrons. The Bertz CT molecular complexity index is 695. The number of hydrogen-bond acceptors (Lipinski definition) is 5. The summed E-state index contributed by atoms with van der Waals surface area (Å²) < 4.78 is 13.8. The molecular formula is C15H15FN4S.